The van der Waals surface area contributed by atoms with Crippen LogP contribution >= 0.6 is 0 Å². The molecule has 0 aromatic rings. The summed E-state index contributed by atoms with van der Waals surface area (Å²) < 4.78 is 4.54. The van der Waals surface area contributed by atoms with Crippen molar-refractivity contribution in [3.63, 3.8) is 0 Å². The Morgan fingerprint density at radius 1 is 1.35 bits per heavy atom. The molecule has 0 saturated heterocycles. The molecule has 1 unspecified atom stereocenters. The molecule has 0 aliphatic rings. The second kappa shape index (κ2) is 8.06. The molecule has 0 aromatic heterocycles. The quantitative estimate of drug-likeness (QED) is 0.667. The summed E-state index contributed by atoms with van der Waals surface area (Å²) in [7, 11) is 3.10. The van der Waals surface area contributed by atoms with Crippen molar-refractivity contribution in [3.8, 4) is 0 Å². The number of amides is 1. The minimum absolute atomic E-state index is 0.0485. The Bertz CT molecular complexity index is 254. The standard InChI is InChI=1S/C12H24N2O3/c1-9(2)10(8-13)12(16)14(3)7-5-6-11(15)17-4/h9-10H,5-8,13H2,1-4H3. The van der Waals surface area contributed by atoms with E-state index in [2.05, 4.69) is 4.74 Å². The van der Waals surface area contributed by atoms with Gasteiger partial charge in [0.1, 0.15) is 0 Å². The fourth-order valence-electron chi connectivity index (χ4n) is 1.61. The molecule has 0 bridgehead atoms. The summed E-state index contributed by atoms with van der Waals surface area (Å²) in [4.78, 5) is 24.5. The van der Waals surface area contributed by atoms with Crippen LogP contribution in [-0.2, 0) is 14.3 Å². The van der Waals surface area contributed by atoms with Gasteiger partial charge in [0.2, 0.25) is 5.91 Å². The molecule has 0 fully saturated rings. The number of ether oxygens (including phenoxy) is 1. The van der Waals surface area contributed by atoms with E-state index in [1.165, 1.54) is 7.11 Å². The lowest BCUT2D eigenvalue weighted by Crippen LogP contribution is -2.39. The number of rotatable bonds is 7. The van der Waals surface area contributed by atoms with Crippen LogP contribution in [0.4, 0.5) is 0 Å². The first kappa shape index (κ1) is 15.9. The van der Waals surface area contributed by atoms with Crippen molar-refractivity contribution in [2.45, 2.75) is 26.7 Å². The van der Waals surface area contributed by atoms with Crippen LogP contribution in [0.5, 0.6) is 0 Å². The average Bonchev–Trinajstić information content (AvgIpc) is 2.28. The zero-order valence-corrected chi connectivity index (χ0v) is 11.2. The molecule has 17 heavy (non-hydrogen) atoms. The Hall–Kier alpha value is -1.10. The highest BCUT2D eigenvalue weighted by Crippen LogP contribution is 2.12. The third-order valence-electron chi connectivity index (χ3n) is 2.85. The minimum Gasteiger partial charge on any atom is -0.469 e. The lowest BCUT2D eigenvalue weighted by molar-refractivity contribution is -0.141. The second-order valence-corrected chi connectivity index (χ2v) is 4.53. The van der Waals surface area contributed by atoms with E-state index in [1.54, 1.807) is 11.9 Å². The molecule has 0 aliphatic heterocycles. The van der Waals surface area contributed by atoms with Crippen molar-refractivity contribution in [1.29, 1.82) is 0 Å². The van der Waals surface area contributed by atoms with Crippen molar-refractivity contribution in [2.75, 3.05) is 27.2 Å². The fraction of sp³-hybridized carbons (Fsp3) is 0.833. The molecule has 5 heteroatoms. The van der Waals surface area contributed by atoms with Gasteiger partial charge in [0, 0.05) is 26.6 Å². The predicted molar refractivity (Wildman–Crippen MR) is 66.3 cm³/mol. The van der Waals surface area contributed by atoms with Crippen LogP contribution in [0.3, 0.4) is 0 Å². The summed E-state index contributed by atoms with van der Waals surface area (Å²) in [5.74, 6) is -0.105. The van der Waals surface area contributed by atoms with Gasteiger partial charge in [-0.05, 0) is 12.3 Å². The van der Waals surface area contributed by atoms with Gasteiger partial charge in [-0.1, -0.05) is 13.8 Å². The Morgan fingerprint density at radius 3 is 2.35 bits per heavy atom. The summed E-state index contributed by atoms with van der Waals surface area (Å²) in [5.41, 5.74) is 5.59. The first-order valence-electron chi connectivity index (χ1n) is 5.95. The lowest BCUT2D eigenvalue weighted by atomic mass is 9.94. The lowest BCUT2D eigenvalue weighted by Gasteiger charge is -2.25. The van der Waals surface area contributed by atoms with Crippen LogP contribution in [0.15, 0.2) is 0 Å². The molecular formula is C12H24N2O3. The van der Waals surface area contributed by atoms with Crippen molar-refractivity contribution in [3.05, 3.63) is 0 Å². The third-order valence-corrected chi connectivity index (χ3v) is 2.85. The Balaban J connectivity index is 4.08. The first-order chi connectivity index (χ1) is 7.93. The third kappa shape index (κ3) is 5.68. The Morgan fingerprint density at radius 2 is 1.94 bits per heavy atom. The first-order valence-corrected chi connectivity index (χ1v) is 5.95. The number of hydrogen-bond donors (Lipinski definition) is 1. The normalized spacial score (nSPS) is 12.4. The molecule has 100 valence electrons. The van der Waals surface area contributed by atoms with Crippen LogP contribution in [-0.4, -0.2) is 44.0 Å². The highest BCUT2D eigenvalue weighted by molar-refractivity contribution is 5.79. The van der Waals surface area contributed by atoms with Gasteiger partial charge in [0.15, 0.2) is 0 Å². The maximum Gasteiger partial charge on any atom is 0.305 e. The topological polar surface area (TPSA) is 72.6 Å². The van der Waals surface area contributed by atoms with E-state index in [-0.39, 0.29) is 23.7 Å². The average molecular weight is 244 g/mol. The number of carbonyl (C=O) groups excluding carboxylic acids is 2. The predicted octanol–water partition coefficient (Wildman–Crippen LogP) is 0.629. The van der Waals surface area contributed by atoms with Gasteiger partial charge >= 0.3 is 5.97 Å². The number of nitrogens with two attached hydrogens (primary N) is 1. The van der Waals surface area contributed by atoms with Gasteiger partial charge in [-0.15, -0.1) is 0 Å². The molecule has 0 rings (SSSR count). The van der Waals surface area contributed by atoms with Gasteiger partial charge < -0.3 is 15.4 Å². The Labute approximate surface area is 103 Å². The summed E-state index contributed by atoms with van der Waals surface area (Å²) in [6.07, 6.45) is 0.952. The second-order valence-electron chi connectivity index (χ2n) is 4.53. The van der Waals surface area contributed by atoms with E-state index in [1.807, 2.05) is 13.8 Å². The Kier molecular flexibility index (Phi) is 7.54. The number of methoxy groups -OCH3 is 1. The SMILES string of the molecule is COC(=O)CCCN(C)C(=O)C(CN)C(C)C. The monoisotopic (exact) mass is 244 g/mol. The molecule has 0 saturated carbocycles. The number of nitrogens with zero attached hydrogens (tertiary/aromatic N) is 1. The molecule has 0 spiro atoms. The van der Waals surface area contributed by atoms with Crippen LogP contribution in [0, 0.1) is 11.8 Å². The van der Waals surface area contributed by atoms with Crippen molar-refractivity contribution in [1.82, 2.24) is 4.90 Å². The molecule has 1 amide bonds. The van der Waals surface area contributed by atoms with Crippen LogP contribution < -0.4 is 5.73 Å². The molecule has 5 nitrogen and oxygen atoms in total. The zero-order chi connectivity index (χ0) is 13.4. The van der Waals surface area contributed by atoms with E-state index in [0.717, 1.165) is 0 Å². The highest BCUT2D eigenvalue weighted by Gasteiger charge is 2.23. The molecule has 0 aliphatic carbocycles. The van der Waals surface area contributed by atoms with Crippen LogP contribution in [0.25, 0.3) is 0 Å². The zero-order valence-electron chi connectivity index (χ0n) is 11.2. The number of esters is 1. The van der Waals surface area contributed by atoms with Gasteiger partial charge in [-0.3, -0.25) is 9.59 Å². The molecule has 0 aromatic carbocycles. The molecule has 2 N–H and O–H groups in total. The van der Waals surface area contributed by atoms with Crippen molar-refractivity contribution >= 4 is 11.9 Å². The smallest absolute Gasteiger partial charge is 0.305 e. The number of carbonyl (C=O) groups is 2. The maximum atomic E-state index is 12.0. The fourth-order valence-corrected chi connectivity index (χ4v) is 1.61. The van der Waals surface area contributed by atoms with E-state index < -0.39 is 0 Å². The minimum atomic E-state index is -0.245. The van der Waals surface area contributed by atoms with E-state index >= 15 is 0 Å². The molecule has 1 atom stereocenters. The van der Waals surface area contributed by atoms with Crippen LogP contribution in [0.2, 0.25) is 0 Å². The van der Waals surface area contributed by atoms with Gasteiger partial charge in [0.05, 0.1) is 13.0 Å². The van der Waals surface area contributed by atoms with E-state index in [0.29, 0.717) is 25.9 Å². The summed E-state index contributed by atoms with van der Waals surface area (Å²) in [5, 5.41) is 0. The number of hydrogen-bond acceptors (Lipinski definition) is 4. The van der Waals surface area contributed by atoms with Gasteiger partial charge in [-0.25, -0.2) is 0 Å². The highest BCUT2D eigenvalue weighted by atomic mass is 16.5. The van der Waals surface area contributed by atoms with Crippen molar-refractivity contribution in [2.24, 2.45) is 17.6 Å². The summed E-state index contributed by atoms with van der Waals surface area (Å²) in [6.45, 7) is 4.88. The summed E-state index contributed by atoms with van der Waals surface area (Å²) >= 11 is 0. The molecule has 0 radical (unpaired) electrons. The molecular weight excluding hydrogens is 220 g/mol. The largest absolute Gasteiger partial charge is 0.469 e. The van der Waals surface area contributed by atoms with Crippen molar-refractivity contribution < 1.29 is 14.3 Å². The summed E-state index contributed by atoms with van der Waals surface area (Å²) in [6, 6.07) is 0. The van der Waals surface area contributed by atoms with Gasteiger partial charge in [-0.2, -0.15) is 0 Å². The van der Waals surface area contributed by atoms with Crippen LogP contribution in [0.1, 0.15) is 26.7 Å². The van der Waals surface area contributed by atoms with E-state index in [4.69, 9.17) is 5.73 Å². The van der Waals surface area contributed by atoms with Gasteiger partial charge in [0.25, 0.3) is 0 Å². The molecule has 0 heterocycles. The maximum absolute atomic E-state index is 12.0. The van der Waals surface area contributed by atoms with E-state index in [9.17, 15) is 9.59 Å².